The van der Waals surface area contributed by atoms with Crippen LogP contribution >= 0.6 is 23.1 Å². The number of thioether (sulfide) groups is 1. The van der Waals surface area contributed by atoms with Crippen LogP contribution in [0.3, 0.4) is 0 Å². The molecule has 0 aliphatic carbocycles. The minimum Gasteiger partial charge on any atom is -0.321 e. The molecule has 1 unspecified atom stereocenters. The van der Waals surface area contributed by atoms with Crippen molar-refractivity contribution in [2.75, 3.05) is 10.6 Å². The van der Waals surface area contributed by atoms with Crippen molar-refractivity contribution in [2.24, 2.45) is 0 Å². The van der Waals surface area contributed by atoms with Gasteiger partial charge in [-0.2, -0.15) is 0 Å². The van der Waals surface area contributed by atoms with E-state index in [1.54, 1.807) is 67.6 Å². The van der Waals surface area contributed by atoms with Crippen molar-refractivity contribution in [3.8, 4) is 0 Å². The number of aromatic nitrogens is 2. The highest BCUT2D eigenvalue weighted by Crippen LogP contribution is 2.26. The Bertz CT molecular complexity index is 1510. The van der Waals surface area contributed by atoms with Crippen LogP contribution in [0.1, 0.15) is 27.9 Å². The molecule has 0 aliphatic heterocycles. The van der Waals surface area contributed by atoms with Gasteiger partial charge in [0, 0.05) is 21.7 Å². The smallest absolute Gasteiger partial charge is 0.272 e. The molecule has 11 heteroatoms. The Morgan fingerprint density at radius 1 is 0.923 bits per heavy atom. The van der Waals surface area contributed by atoms with Gasteiger partial charge in [-0.3, -0.25) is 19.7 Å². The Morgan fingerprint density at radius 3 is 2.28 bits per heavy atom. The number of carbonyl (C=O) groups excluding carboxylic acids is 3. The van der Waals surface area contributed by atoms with Gasteiger partial charge < -0.3 is 10.6 Å². The predicted molar refractivity (Wildman–Crippen MR) is 152 cm³/mol. The number of hydrogen-bond acceptors (Lipinski definition) is 7. The van der Waals surface area contributed by atoms with E-state index in [9.17, 15) is 18.8 Å². The third-order valence-electron chi connectivity index (χ3n) is 5.28. The average molecular weight is 562 g/mol. The van der Waals surface area contributed by atoms with Gasteiger partial charge in [0.1, 0.15) is 16.5 Å². The Balaban J connectivity index is 1.44. The molecule has 0 fully saturated rings. The van der Waals surface area contributed by atoms with E-state index in [2.05, 4.69) is 26.1 Å². The summed E-state index contributed by atoms with van der Waals surface area (Å²) < 4.78 is 14.3. The molecule has 0 spiro atoms. The molecule has 1 aromatic heterocycles. The normalized spacial score (nSPS) is 11.9. The number of amides is 3. The van der Waals surface area contributed by atoms with E-state index >= 15 is 0 Å². The third-order valence-corrected chi connectivity index (χ3v) is 7.15. The van der Waals surface area contributed by atoms with Crippen molar-refractivity contribution in [3.05, 3.63) is 107 Å². The molecular weight excluding hydrogens is 537 g/mol. The topological polar surface area (TPSA) is 113 Å². The van der Waals surface area contributed by atoms with Crippen LogP contribution in [0, 0.1) is 12.7 Å². The second kappa shape index (κ2) is 12.9. The molecule has 0 saturated carbocycles. The fourth-order valence-electron chi connectivity index (χ4n) is 3.32. The summed E-state index contributed by atoms with van der Waals surface area (Å²) in [5.41, 5.74) is 0.841. The number of hydrogen-bond donors (Lipinski definition) is 3. The van der Waals surface area contributed by atoms with Crippen LogP contribution in [0.25, 0.3) is 6.08 Å². The first-order valence-corrected chi connectivity index (χ1v) is 13.5. The average Bonchev–Trinajstić information content (AvgIpc) is 3.35. The third kappa shape index (κ3) is 7.82. The Labute approximate surface area is 232 Å². The van der Waals surface area contributed by atoms with E-state index in [1.807, 2.05) is 6.92 Å². The first-order valence-electron chi connectivity index (χ1n) is 11.8. The van der Waals surface area contributed by atoms with Crippen LogP contribution in [0.4, 0.5) is 15.2 Å². The van der Waals surface area contributed by atoms with Gasteiger partial charge >= 0.3 is 0 Å². The first kappa shape index (κ1) is 27.7. The lowest BCUT2D eigenvalue weighted by molar-refractivity contribution is -0.115. The lowest BCUT2D eigenvalue weighted by Gasteiger charge is -2.13. The van der Waals surface area contributed by atoms with Gasteiger partial charge in [0.15, 0.2) is 0 Å². The van der Waals surface area contributed by atoms with Crippen molar-refractivity contribution in [1.29, 1.82) is 0 Å². The molecule has 1 heterocycles. The highest BCUT2D eigenvalue weighted by Gasteiger charge is 2.18. The Kier molecular flexibility index (Phi) is 9.18. The van der Waals surface area contributed by atoms with Gasteiger partial charge in [-0.25, -0.2) is 4.39 Å². The first-order chi connectivity index (χ1) is 18.8. The van der Waals surface area contributed by atoms with Crippen LogP contribution in [0.15, 0.2) is 89.5 Å². The molecule has 0 aliphatic rings. The maximum atomic E-state index is 14.3. The van der Waals surface area contributed by atoms with Gasteiger partial charge in [0.2, 0.25) is 11.0 Å². The van der Waals surface area contributed by atoms with E-state index in [1.165, 1.54) is 47.4 Å². The molecule has 3 aromatic carbocycles. The van der Waals surface area contributed by atoms with Gasteiger partial charge in [0.05, 0.1) is 5.25 Å². The zero-order chi connectivity index (χ0) is 27.8. The van der Waals surface area contributed by atoms with E-state index in [-0.39, 0.29) is 17.2 Å². The van der Waals surface area contributed by atoms with Crippen LogP contribution < -0.4 is 16.0 Å². The summed E-state index contributed by atoms with van der Waals surface area (Å²) in [5.74, 6) is -1.86. The van der Waals surface area contributed by atoms with Gasteiger partial charge in [-0.15, -0.1) is 22.0 Å². The number of anilines is 2. The molecule has 0 bridgehead atoms. The fourth-order valence-corrected chi connectivity index (χ4v) is 4.78. The summed E-state index contributed by atoms with van der Waals surface area (Å²) in [7, 11) is 0. The minimum absolute atomic E-state index is 0.121. The van der Waals surface area contributed by atoms with Gasteiger partial charge in [-0.05, 0) is 62.4 Å². The lowest BCUT2D eigenvalue weighted by Crippen LogP contribution is -2.30. The second-order valence-electron chi connectivity index (χ2n) is 8.25. The van der Waals surface area contributed by atoms with Crippen molar-refractivity contribution in [2.45, 2.75) is 24.0 Å². The molecule has 1 atom stereocenters. The molecule has 0 saturated heterocycles. The van der Waals surface area contributed by atoms with Crippen LogP contribution in [0.5, 0.6) is 0 Å². The van der Waals surface area contributed by atoms with Crippen molar-refractivity contribution >= 4 is 57.7 Å². The predicted octanol–water partition coefficient (Wildman–Crippen LogP) is 5.51. The summed E-state index contributed by atoms with van der Waals surface area (Å²) in [6.45, 7) is 3.58. The quantitative estimate of drug-likeness (QED) is 0.183. The number of nitrogens with zero attached hydrogens (tertiary/aromatic N) is 2. The molecule has 4 aromatic rings. The lowest BCUT2D eigenvalue weighted by atomic mass is 10.1. The zero-order valence-electron chi connectivity index (χ0n) is 21.0. The monoisotopic (exact) mass is 561 g/mol. The molecular formula is C28H24FN5O3S2. The van der Waals surface area contributed by atoms with E-state index in [4.69, 9.17) is 0 Å². The number of rotatable bonds is 9. The maximum Gasteiger partial charge on any atom is 0.272 e. The van der Waals surface area contributed by atoms with Gasteiger partial charge in [-0.1, -0.05) is 47.7 Å². The standard InChI is InChI=1S/C28H24FN5O3S2/c1-17(25(35)32-28-34-33-18(2)39-28)38-22-14-12-21(13-15-22)30-27(37)24(16-20-10-6-7-11-23(20)29)31-26(36)19-8-4-3-5-9-19/h3-17H,1-2H3,(H,30,37)(H,31,36)(H,32,34,35)/b24-16-. The molecule has 0 radical (unpaired) electrons. The number of aryl methyl sites for hydroxylation is 1. The number of nitrogens with one attached hydrogen (secondary N) is 3. The van der Waals surface area contributed by atoms with Crippen LogP contribution in [-0.4, -0.2) is 33.2 Å². The minimum atomic E-state index is -0.622. The van der Waals surface area contributed by atoms with Gasteiger partial charge in [0.25, 0.3) is 11.8 Å². The van der Waals surface area contributed by atoms with E-state index in [0.29, 0.717) is 16.4 Å². The largest absolute Gasteiger partial charge is 0.321 e. The van der Waals surface area contributed by atoms with Crippen molar-refractivity contribution in [1.82, 2.24) is 15.5 Å². The Morgan fingerprint density at radius 2 is 1.62 bits per heavy atom. The summed E-state index contributed by atoms with van der Waals surface area (Å²) in [5, 5.41) is 16.6. The van der Waals surface area contributed by atoms with Crippen LogP contribution in [0.2, 0.25) is 0 Å². The van der Waals surface area contributed by atoms with Crippen molar-refractivity contribution < 1.29 is 18.8 Å². The summed E-state index contributed by atoms with van der Waals surface area (Å²) >= 11 is 2.64. The molecule has 3 amide bonds. The maximum absolute atomic E-state index is 14.3. The summed E-state index contributed by atoms with van der Waals surface area (Å²) in [4.78, 5) is 39.1. The highest BCUT2D eigenvalue weighted by atomic mass is 32.2. The Hall–Kier alpha value is -4.35. The number of benzene rings is 3. The van der Waals surface area contributed by atoms with E-state index < -0.39 is 22.9 Å². The molecule has 198 valence electrons. The molecule has 39 heavy (non-hydrogen) atoms. The van der Waals surface area contributed by atoms with Crippen LogP contribution in [-0.2, 0) is 9.59 Å². The zero-order valence-corrected chi connectivity index (χ0v) is 22.6. The second-order valence-corrected chi connectivity index (χ2v) is 10.8. The fraction of sp³-hybridized carbons (Fsp3) is 0.107. The SMILES string of the molecule is Cc1nnc(NC(=O)C(C)Sc2ccc(NC(=O)/C(=C/c3ccccc3F)NC(=O)c3ccccc3)cc2)s1. The van der Waals surface area contributed by atoms with E-state index in [0.717, 1.165) is 9.90 Å². The molecule has 8 nitrogen and oxygen atoms in total. The molecule has 3 N–H and O–H groups in total. The van der Waals surface area contributed by atoms with Crippen molar-refractivity contribution in [3.63, 3.8) is 0 Å². The number of halogens is 1. The number of carbonyl (C=O) groups is 3. The summed E-state index contributed by atoms with van der Waals surface area (Å²) in [6, 6.07) is 21.2. The molecule has 4 rings (SSSR count). The highest BCUT2D eigenvalue weighted by molar-refractivity contribution is 8.00. The summed E-state index contributed by atoms with van der Waals surface area (Å²) in [6.07, 6.45) is 1.29.